The van der Waals surface area contributed by atoms with Crippen LogP contribution in [0.2, 0.25) is 0 Å². The Morgan fingerprint density at radius 3 is 2.73 bits per heavy atom. The molecule has 3 atom stereocenters. The number of hydrogen-bond acceptors (Lipinski definition) is 6. The molecule has 22 heavy (non-hydrogen) atoms. The molecule has 2 rings (SSSR count). The van der Waals surface area contributed by atoms with Gasteiger partial charge in [-0.1, -0.05) is 13.8 Å². The van der Waals surface area contributed by atoms with Gasteiger partial charge in [-0.2, -0.15) is 0 Å². The highest BCUT2D eigenvalue weighted by Gasteiger charge is 2.45. The SMILES string of the molecule is CC(C)C(N)C(=O)NCC(=O)OCC1CN2C(=O)CC2O1.Cl. The number of hydrogen-bond donors (Lipinski definition) is 2. The van der Waals surface area contributed by atoms with Gasteiger partial charge in [0.1, 0.15) is 25.5 Å². The van der Waals surface area contributed by atoms with Gasteiger partial charge in [-0.05, 0) is 5.92 Å². The minimum atomic E-state index is -0.648. The fraction of sp³-hybridized carbons (Fsp3) is 0.769. The number of fused-ring (bicyclic) bond motifs is 1. The Hall–Kier alpha value is -1.38. The number of nitrogens with one attached hydrogen (secondary N) is 1. The first kappa shape index (κ1) is 18.7. The third-order valence-corrected chi connectivity index (χ3v) is 3.63. The van der Waals surface area contributed by atoms with Crippen LogP contribution in [0.5, 0.6) is 0 Å². The fourth-order valence-electron chi connectivity index (χ4n) is 2.16. The lowest BCUT2D eigenvalue weighted by Crippen LogP contribution is -2.48. The molecule has 2 saturated heterocycles. The lowest BCUT2D eigenvalue weighted by atomic mass is 10.1. The van der Waals surface area contributed by atoms with Crippen molar-refractivity contribution in [2.24, 2.45) is 11.7 Å². The summed E-state index contributed by atoms with van der Waals surface area (Å²) in [5, 5.41) is 2.43. The average molecular weight is 336 g/mol. The molecule has 2 heterocycles. The molecular formula is C13H22ClN3O5. The fourth-order valence-corrected chi connectivity index (χ4v) is 2.16. The number of carbonyl (C=O) groups is 3. The second kappa shape index (κ2) is 7.75. The molecule has 0 aromatic carbocycles. The number of carbonyl (C=O) groups excluding carboxylic acids is 3. The van der Waals surface area contributed by atoms with Crippen molar-refractivity contribution in [3.63, 3.8) is 0 Å². The summed E-state index contributed by atoms with van der Waals surface area (Å²) in [5.41, 5.74) is 5.65. The van der Waals surface area contributed by atoms with Crippen LogP contribution in [0.25, 0.3) is 0 Å². The number of halogens is 1. The molecule has 0 radical (unpaired) electrons. The van der Waals surface area contributed by atoms with Gasteiger partial charge in [0.2, 0.25) is 11.8 Å². The van der Waals surface area contributed by atoms with Crippen molar-refractivity contribution in [3.05, 3.63) is 0 Å². The van der Waals surface area contributed by atoms with Gasteiger partial charge >= 0.3 is 5.97 Å². The number of nitrogens with two attached hydrogens (primary N) is 1. The van der Waals surface area contributed by atoms with Crippen molar-refractivity contribution in [2.45, 2.75) is 38.6 Å². The second-order valence-electron chi connectivity index (χ2n) is 5.63. The second-order valence-corrected chi connectivity index (χ2v) is 5.63. The first-order valence-electron chi connectivity index (χ1n) is 7.02. The molecule has 0 bridgehead atoms. The Labute approximate surface area is 135 Å². The van der Waals surface area contributed by atoms with Crippen molar-refractivity contribution in [2.75, 3.05) is 19.7 Å². The van der Waals surface area contributed by atoms with Gasteiger partial charge in [0.15, 0.2) is 0 Å². The minimum Gasteiger partial charge on any atom is -0.462 e. The molecule has 0 spiro atoms. The van der Waals surface area contributed by atoms with Gasteiger partial charge < -0.3 is 25.4 Å². The first-order valence-corrected chi connectivity index (χ1v) is 7.02. The normalized spacial score (nSPS) is 24.2. The van der Waals surface area contributed by atoms with Crippen molar-refractivity contribution >= 4 is 30.2 Å². The van der Waals surface area contributed by atoms with Gasteiger partial charge in [-0.25, -0.2) is 0 Å². The van der Waals surface area contributed by atoms with E-state index in [4.69, 9.17) is 15.2 Å². The predicted molar refractivity (Wildman–Crippen MR) is 79.0 cm³/mol. The van der Waals surface area contributed by atoms with Gasteiger partial charge in [0.25, 0.3) is 0 Å². The quantitative estimate of drug-likeness (QED) is 0.476. The monoisotopic (exact) mass is 335 g/mol. The first-order chi connectivity index (χ1) is 9.88. The maximum absolute atomic E-state index is 11.6. The maximum Gasteiger partial charge on any atom is 0.325 e. The van der Waals surface area contributed by atoms with E-state index in [9.17, 15) is 14.4 Å². The zero-order chi connectivity index (χ0) is 15.6. The molecule has 2 fully saturated rings. The van der Waals surface area contributed by atoms with E-state index in [-0.39, 0.29) is 55.6 Å². The van der Waals surface area contributed by atoms with Crippen LogP contribution in [0.4, 0.5) is 0 Å². The minimum absolute atomic E-state index is 0. The summed E-state index contributed by atoms with van der Waals surface area (Å²) < 4.78 is 10.5. The van der Waals surface area contributed by atoms with Crippen LogP contribution >= 0.6 is 12.4 Å². The Bertz CT molecular complexity index is 445. The predicted octanol–water partition coefficient (Wildman–Crippen LogP) is -0.992. The highest BCUT2D eigenvalue weighted by molar-refractivity contribution is 5.86. The summed E-state index contributed by atoms with van der Waals surface area (Å²) in [7, 11) is 0. The molecular weight excluding hydrogens is 314 g/mol. The summed E-state index contributed by atoms with van der Waals surface area (Å²) in [6.45, 7) is 3.94. The van der Waals surface area contributed by atoms with Crippen LogP contribution in [0.3, 0.4) is 0 Å². The Balaban J connectivity index is 0.00000242. The molecule has 2 aliphatic heterocycles. The number of nitrogens with zero attached hydrogens (tertiary/aromatic N) is 1. The van der Waals surface area contributed by atoms with Crippen LogP contribution in [-0.4, -0.2) is 60.8 Å². The van der Waals surface area contributed by atoms with Gasteiger partial charge in [-0.15, -0.1) is 12.4 Å². The average Bonchev–Trinajstić information content (AvgIpc) is 2.78. The number of amides is 2. The summed E-state index contributed by atoms with van der Waals surface area (Å²) >= 11 is 0. The van der Waals surface area contributed by atoms with Crippen LogP contribution in [0.1, 0.15) is 20.3 Å². The molecule has 8 nitrogen and oxygen atoms in total. The van der Waals surface area contributed by atoms with E-state index in [1.165, 1.54) is 0 Å². The molecule has 3 N–H and O–H groups in total. The van der Waals surface area contributed by atoms with Crippen LogP contribution < -0.4 is 11.1 Å². The lowest BCUT2D eigenvalue weighted by molar-refractivity contribution is -0.159. The summed E-state index contributed by atoms with van der Waals surface area (Å²) in [5.74, 6) is -0.879. The molecule has 0 saturated carbocycles. The van der Waals surface area contributed by atoms with Gasteiger partial charge in [0, 0.05) is 0 Å². The van der Waals surface area contributed by atoms with E-state index in [1.54, 1.807) is 4.90 Å². The maximum atomic E-state index is 11.6. The highest BCUT2D eigenvalue weighted by Crippen LogP contribution is 2.28. The third-order valence-electron chi connectivity index (χ3n) is 3.63. The number of β-lactam (4-membered cyclic amide) rings is 1. The zero-order valence-corrected chi connectivity index (χ0v) is 13.4. The van der Waals surface area contributed by atoms with Crippen molar-refractivity contribution in [1.29, 1.82) is 0 Å². The summed E-state index contributed by atoms with van der Waals surface area (Å²) in [6.07, 6.45) is -0.0582. The van der Waals surface area contributed by atoms with Crippen LogP contribution in [-0.2, 0) is 23.9 Å². The Morgan fingerprint density at radius 2 is 2.18 bits per heavy atom. The van der Waals surface area contributed by atoms with Crippen molar-refractivity contribution in [3.8, 4) is 0 Å². The van der Waals surface area contributed by atoms with E-state index < -0.39 is 12.0 Å². The van der Waals surface area contributed by atoms with Crippen molar-refractivity contribution in [1.82, 2.24) is 10.2 Å². The molecule has 0 aromatic heterocycles. The van der Waals surface area contributed by atoms with Gasteiger partial charge in [-0.3, -0.25) is 14.4 Å². The molecule has 126 valence electrons. The molecule has 2 aliphatic rings. The summed E-state index contributed by atoms with van der Waals surface area (Å²) in [6, 6.07) is -0.648. The van der Waals surface area contributed by atoms with E-state index in [1.807, 2.05) is 13.8 Å². The van der Waals surface area contributed by atoms with Gasteiger partial charge in [0.05, 0.1) is 19.0 Å². The van der Waals surface area contributed by atoms with E-state index in [2.05, 4.69) is 5.32 Å². The Morgan fingerprint density at radius 1 is 1.50 bits per heavy atom. The highest BCUT2D eigenvalue weighted by atomic mass is 35.5. The molecule has 0 aromatic rings. The molecule has 3 unspecified atom stereocenters. The van der Waals surface area contributed by atoms with Crippen LogP contribution in [0, 0.1) is 5.92 Å². The Kier molecular flexibility index (Phi) is 6.58. The lowest BCUT2D eigenvalue weighted by Gasteiger charge is -2.31. The molecule has 9 heteroatoms. The van der Waals surface area contributed by atoms with Crippen LogP contribution in [0.15, 0.2) is 0 Å². The standard InChI is InChI=1S/C13H21N3O5.ClH/c1-7(2)12(14)13(19)15-4-11(18)20-6-8-5-16-9(17)3-10(16)21-8;/h7-8,10,12H,3-6,14H2,1-2H3,(H,15,19);1H. The topological polar surface area (TPSA) is 111 Å². The number of rotatable bonds is 6. The largest absolute Gasteiger partial charge is 0.462 e. The third kappa shape index (κ3) is 4.31. The molecule has 2 amide bonds. The smallest absolute Gasteiger partial charge is 0.325 e. The number of esters is 1. The van der Waals surface area contributed by atoms with E-state index >= 15 is 0 Å². The zero-order valence-electron chi connectivity index (χ0n) is 12.6. The summed E-state index contributed by atoms with van der Waals surface area (Å²) in [4.78, 5) is 35.9. The van der Waals surface area contributed by atoms with E-state index in [0.717, 1.165) is 0 Å². The van der Waals surface area contributed by atoms with Crippen molar-refractivity contribution < 1.29 is 23.9 Å². The van der Waals surface area contributed by atoms with E-state index in [0.29, 0.717) is 13.0 Å². The number of ether oxygens (including phenoxy) is 2. The molecule has 0 aliphatic carbocycles.